The van der Waals surface area contributed by atoms with E-state index in [1.807, 2.05) is 30.9 Å². The second kappa shape index (κ2) is 6.56. The van der Waals surface area contributed by atoms with E-state index in [1.54, 1.807) is 6.20 Å². The van der Waals surface area contributed by atoms with Crippen LogP contribution in [-0.4, -0.2) is 54.7 Å². The molecule has 0 spiro atoms. The Morgan fingerprint density at radius 1 is 1.35 bits per heavy atom. The van der Waals surface area contributed by atoms with Crippen LogP contribution in [0.2, 0.25) is 0 Å². The van der Waals surface area contributed by atoms with E-state index in [9.17, 15) is 4.79 Å². The Labute approximate surface area is 119 Å². The molecular weight excluding hydrogens is 256 g/mol. The second-order valence-corrected chi connectivity index (χ2v) is 5.18. The van der Waals surface area contributed by atoms with Crippen LogP contribution in [0.25, 0.3) is 0 Å². The molecule has 0 aliphatic carbocycles. The Balaban J connectivity index is 1.83. The van der Waals surface area contributed by atoms with Crippen LogP contribution < -0.4 is 10.6 Å². The molecule has 1 saturated heterocycles. The molecule has 6 nitrogen and oxygen atoms in total. The number of aromatic nitrogens is 1. The Hall–Kier alpha value is -1.82. The molecule has 110 valence electrons. The summed E-state index contributed by atoms with van der Waals surface area (Å²) >= 11 is 0. The van der Waals surface area contributed by atoms with Crippen LogP contribution in [-0.2, 0) is 9.53 Å². The molecule has 1 aromatic heterocycles. The lowest BCUT2D eigenvalue weighted by Gasteiger charge is -2.35. The topological polar surface area (TPSA) is 71.7 Å². The van der Waals surface area contributed by atoms with Crippen molar-refractivity contribution in [3.05, 3.63) is 18.3 Å². The molecule has 6 heteroatoms. The lowest BCUT2D eigenvalue weighted by atomic mass is 10.3. The zero-order valence-corrected chi connectivity index (χ0v) is 12.1. The summed E-state index contributed by atoms with van der Waals surface area (Å²) in [5.74, 6) is 0.966. The smallest absolute Gasteiger partial charge is 0.248 e. The molecule has 1 aliphatic heterocycles. The van der Waals surface area contributed by atoms with Crippen molar-refractivity contribution in [3.8, 4) is 0 Å². The normalized spacial score (nSPS) is 15.8. The minimum Gasteiger partial charge on any atom is -0.397 e. The maximum Gasteiger partial charge on any atom is 0.248 e. The van der Waals surface area contributed by atoms with Crippen LogP contribution >= 0.6 is 0 Å². The van der Waals surface area contributed by atoms with Gasteiger partial charge in [0.05, 0.1) is 18.0 Å². The van der Waals surface area contributed by atoms with E-state index in [1.165, 1.54) is 0 Å². The molecule has 2 heterocycles. The number of hydrogen-bond acceptors (Lipinski definition) is 5. The van der Waals surface area contributed by atoms with Crippen molar-refractivity contribution < 1.29 is 9.53 Å². The largest absolute Gasteiger partial charge is 0.397 e. The summed E-state index contributed by atoms with van der Waals surface area (Å²) in [6, 6.07) is 3.75. The second-order valence-electron chi connectivity index (χ2n) is 5.18. The summed E-state index contributed by atoms with van der Waals surface area (Å²) in [6.45, 7) is 6.99. The number of nitrogens with two attached hydrogens (primary N) is 1. The molecule has 20 heavy (non-hydrogen) atoms. The first-order valence-electron chi connectivity index (χ1n) is 6.92. The van der Waals surface area contributed by atoms with Crippen molar-refractivity contribution in [2.45, 2.75) is 20.0 Å². The van der Waals surface area contributed by atoms with Gasteiger partial charge in [0.1, 0.15) is 12.4 Å². The summed E-state index contributed by atoms with van der Waals surface area (Å²) in [5.41, 5.74) is 6.29. The highest BCUT2D eigenvalue weighted by atomic mass is 16.5. The van der Waals surface area contributed by atoms with Gasteiger partial charge >= 0.3 is 0 Å². The minimum atomic E-state index is 0.0589. The van der Waals surface area contributed by atoms with Gasteiger partial charge in [-0.3, -0.25) is 4.79 Å². The van der Waals surface area contributed by atoms with Crippen molar-refractivity contribution in [1.82, 2.24) is 9.88 Å². The molecule has 0 aromatic carbocycles. The van der Waals surface area contributed by atoms with E-state index < -0.39 is 0 Å². The third-order valence-corrected chi connectivity index (χ3v) is 3.27. The SMILES string of the molecule is CC(C)OCC(=O)N1CCN(c2ccc(N)cn2)CC1. The summed E-state index contributed by atoms with van der Waals surface area (Å²) < 4.78 is 5.35. The first-order valence-corrected chi connectivity index (χ1v) is 6.92. The quantitative estimate of drug-likeness (QED) is 0.879. The van der Waals surface area contributed by atoms with E-state index in [4.69, 9.17) is 10.5 Å². The fourth-order valence-corrected chi connectivity index (χ4v) is 2.10. The molecule has 2 N–H and O–H groups in total. The first kappa shape index (κ1) is 14.6. The Kier molecular flexibility index (Phi) is 4.79. The molecule has 0 saturated carbocycles. The number of piperazine rings is 1. The first-order chi connectivity index (χ1) is 9.56. The van der Waals surface area contributed by atoms with Crippen LogP contribution in [0.3, 0.4) is 0 Å². The van der Waals surface area contributed by atoms with Crippen molar-refractivity contribution >= 4 is 17.4 Å². The maximum atomic E-state index is 11.9. The van der Waals surface area contributed by atoms with Gasteiger partial charge in [0.25, 0.3) is 0 Å². The van der Waals surface area contributed by atoms with E-state index in [0.29, 0.717) is 18.8 Å². The number of rotatable bonds is 4. The van der Waals surface area contributed by atoms with Crippen molar-refractivity contribution in [3.63, 3.8) is 0 Å². The monoisotopic (exact) mass is 278 g/mol. The minimum absolute atomic E-state index is 0.0589. The lowest BCUT2D eigenvalue weighted by molar-refractivity contribution is -0.137. The number of carbonyl (C=O) groups is 1. The summed E-state index contributed by atoms with van der Waals surface area (Å²) in [5, 5.41) is 0. The zero-order valence-electron chi connectivity index (χ0n) is 12.1. The van der Waals surface area contributed by atoms with E-state index >= 15 is 0 Å². The lowest BCUT2D eigenvalue weighted by Crippen LogP contribution is -2.50. The molecule has 1 fully saturated rings. The van der Waals surface area contributed by atoms with Crippen LogP contribution in [0.5, 0.6) is 0 Å². The molecule has 0 unspecified atom stereocenters. The van der Waals surface area contributed by atoms with Gasteiger partial charge in [-0.25, -0.2) is 4.98 Å². The van der Waals surface area contributed by atoms with Crippen LogP contribution in [0, 0.1) is 0 Å². The fourth-order valence-electron chi connectivity index (χ4n) is 2.10. The van der Waals surface area contributed by atoms with Crippen LogP contribution in [0.4, 0.5) is 11.5 Å². The van der Waals surface area contributed by atoms with Crippen molar-refractivity contribution in [2.75, 3.05) is 43.4 Å². The van der Waals surface area contributed by atoms with Crippen LogP contribution in [0.15, 0.2) is 18.3 Å². The standard InChI is InChI=1S/C14H22N4O2/c1-11(2)20-10-14(19)18-7-5-17(6-8-18)13-4-3-12(15)9-16-13/h3-4,9,11H,5-8,10,15H2,1-2H3. The van der Waals surface area contributed by atoms with E-state index in [2.05, 4.69) is 9.88 Å². The number of nitrogen functional groups attached to an aromatic ring is 1. The van der Waals surface area contributed by atoms with Gasteiger partial charge in [-0.2, -0.15) is 0 Å². The average molecular weight is 278 g/mol. The summed E-state index contributed by atoms with van der Waals surface area (Å²) in [6.07, 6.45) is 1.74. The number of nitrogens with zero attached hydrogens (tertiary/aromatic N) is 3. The highest BCUT2D eigenvalue weighted by molar-refractivity contribution is 5.77. The highest BCUT2D eigenvalue weighted by Gasteiger charge is 2.21. The van der Waals surface area contributed by atoms with Gasteiger partial charge in [-0.1, -0.05) is 0 Å². The summed E-state index contributed by atoms with van der Waals surface area (Å²) in [4.78, 5) is 20.2. The van der Waals surface area contributed by atoms with Gasteiger partial charge in [0.15, 0.2) is 0 Å². The predicted molar refractivity (Wildman–Crippen MR) is 78.5 cm³/mol. The number of ether oxygens (including phenoxy) is 1. The molecule has 1 amide bonds. The molecule has 1 aromatic rings. The van der Waals surface area contributed by atoms with Gasteiger partial charge in [-0.05, 0) is 26.0 Å². The van der Waals surface area contributed by atoms with Crippen LogP contribution in [0.1, 0.15) is 13.8 Å². The summed E-state index contributed by atoms with van der Waals surface area (Å²) in [7, 11) is 0. The van der Waals surface area contributed by atoms with Crippen molar-refractivity contribution in [2.24, 2.45) is 0 Å². The molecule has 2 rings (SSSR count). The molecule has 0 radical (unpaired) electrons. The number of pyridine rings is 1. The van der Waals surface area contributed by atoms with Gasteiger partial charge in [0.2, 0.25) is 5.91 Å². The number of anilines is 2. The highest BCUT2D eigenvalue weighted by Crippen LogP contribution is 2.14. The molecule has 0 atom stereocenters. The van der Waals surface area contributed by atoms with Gasteiger partial charge in [-0.15, -0.1) is 0 Å². The molecule has 0 bridgehead atoms. The van der Waals surface area contributed by atoms with Gasteiger partial charge < -0.3 is 20.3 Å². The average Bonchev–Trinajstić information content (AvgIpc) is 2.46. The van der Waals surface area contributed by atoms with E-state index in [-0.39, 0.29) is 18.6 Å². The fraction of sp³-hybridized carbons (Fsp3) is 0.571. The molecule has 1 aliphatic rings. The predicted octanol–water partition coefficient (Wildman–Crippen LogP) is 0.737. The van der Waals surface area contributed by atoms with Crippen molar-refractivity contribution in [1.29, 1.82) is 0 Å². The zero-order chi connectivity index (χ0) is 14.5. The van der Waals surface area contributed by atoms with Gasteiger partial charge in [0, 0.05) is 26.2 Å². The van der Waals surface area contributed by atoms with E-state index in [0.717, 1.165) is 18.9 Å². The third-order valence-electron chi connectivity index (χ3n) is 3.27. The Bertz CT molecular complexity index is 439. The Morgan fingerprint density at radius 2 is 2.05 bits per heavy atom. The maximum absolute atomic E-state index is 11.9. The number of carbonyl (C=O) groups excluding carboxylic acids is 1. The molecular formula is C14H22N4O2. The third kappa shape index (κ3) is 3.84. The number of hydrogen-bond donors (Lipinski definition) is 1. The Morgan fingerprint density at radius 3 is 2.60 bits per heavy atom. The number of amides is 1.